The molecule has 0 radical (unpaired) electrons. The van der Waals surface area contributed by atoms with Gasteiger partial charge in [0.25, 0.3) is 0 Å². The maximum Gasteiger partial charge on any atom is 0.212 e. The minimum absolute atomic E-state index is 0.200. The first-order valence-corrected chi connectivity index (χ1v) is 8.18. The number of aromatic nitrogens is 3. The van der Waals surface area contributed by atoms with Gasteiger partial charge in [-0.05, 0) is 29.3 Å². The lowest BCUT2D eigenvalue weighted by Gasteiger charge is -2.03. The van der Waals surface area contributed by atoms with Gasteiger partial charge < -0.3 is 5.11 Å². The van der Waals surface area contributed by atoms with Crippen LogP contribution < -0.4 is 0 Å². The topological polar surface area (TPSA) is 63.3 Å². The van der Waals surface area contributed by atoms with Crippen LogP contribution in [0.15, 0.2) is 65.1 Å². The second-order valence-electron chi connectivity index (χ2n) is 4.68. The molecule has 7 heteroatoms. The number of thioether (sulfide) groups is 1. The summed E-state index contributed by atoms with van der Waals surface area (Å²) in [6, 6.07) is 14.5. The molecule has 0 aliphatic heterocycles. The first-order chi connectivity index (χ1) is 11.2. The van der Waals surface area contributed by atoms with Crippen molar-refractivity contribution in [1.29, 1.82) is 0 Å². The Bertz CT molecular complexity index is 834. The Morgan fingerprint density at radius 1 is 1.22 bits per heavy atom. The highest BCUT2D eigenvalue weighted by molar-refractivity contribution is 7.98. The molecular weight excluding hydrogens is 332 g/mol. The van der Waals surface area contributed by atoms with E-state index >= 15 is 0 Å². The third-order valence-electron chi connectivity index (χ3n) is 3.02. The van der Waals surface area contributed by atoms with Gasteiger partial charge in [0.05, 0.1) is 6.21 Å². The summed E-state index contributed by atoms with van der Waals surface area (Å²) in [5, 5.41) is 23.1. The predicted molar refractivity (Wildman–Crippen MR) is 92.1 cm³/mol. The Kier molecular flexibility index (Phi) is 4.95. The van der Waals surface area contributed by atoms with Crippen molar-refractivity contribution in [1.82, 2.24) is 14.9 Å². The third-order valence-corrected chi connectivity index (χ3v) is 4.37. The summed E-state index contributed by atoms with van der Waals surface area (Å²) in [4.78, 5) is 0. The van der Waals surface area contributed by atoms with Crippen molar-refractivity contribution in [3.05, 3.63) is 71.0 Å². The second kappa shape index (κ2) is 7.30. The molecule has 0 atom stereocenters. The quantitative estimate of drug-likeness (QED) is 0.564. The van der Waals surface area contributed by atoms with Gasteiger partial charge in [0.15, 0.2) is 0 Å². The van der Waals surface area contributed by atoms with Crippen LogP contribution in [0.2, 0.25) is 5.02 Å². The SMILES string of the molecule is Oc1cccc(/C=N\n2cnnc2SCc2ccccc2Cl)c1. The van der Waals surface area contributed by atoms with E-state index in [1.54, 1.807) is 29.1 Å². The Morgan fingerprint density at radius 2 is 2.09 bits per heavy atom. The second-order valence-corrected chi connectivity index (χ2v) is 6.03. The van der Waals surface area contributed by atoms with E-state index in [9.17, 15) is 5.11 Å². The van der Waals surface area contributed by atoms with Gasteiger partial charge in [0, 0.05) is 10.8 Å². The van der Waals surface area contributed by atoms with E-state index in [1.165, 1.54) is 18.1 Å². The minimum Gasteiger partial charge on any atom is -0.508 e. The van der Waals surface area contributed by atoms with E-state index in [0.717, 1.165) is 16.1 Å². The number of phenolic OH excluding ortho intramolecular Hbond substituents is 1. The van der Waals surface area contributed by atoms with Crippen molar-refractivity contribution in [2.75, 3.05) is 0 Å². The summed E-state index contributed by atoms with van der Waals surface area (Å²) in [5.41, 5.74) is 1.83. The number of rotatable bonds is 5. The van der Waals surface area contributed by atoms with Crippen molar-refractivity contribution in [2.24, 2.45) is 5.10 Å². The zero-order valence-electron chi connectivity index (χ0n) is 12.0. The Morgan fingerprint density at radius 3 is 2.91 bits per heavy atom. The molecule has 0 saturated carbocycles. The van der Waals surface area contributed by atoms with E-state index in [2.05, 4.69) is 15.3 Å². The van der Waals surface area contributed by atoms with Crippen LogP contribution in [0, 0.1) is 0 Å². The van der Waals surface area contributed by atoms with E-state index < -0.39 is 0 Å². The van der Waals surface area contributed by atoms with Crippen LogP contribution in [0.3, 0.4) is 0 Å². The van der Waals surface area contributed by atoms with E-state index in [4.69, 9.17) is 11.6 Å². The molecule has 3 aromatic rings. The van der Waals surface area contributed by atoms with Crippen molar-refractivity contribution < 1.29 is 5.11 Å². The molecule has 0 bridgehead atoms. The van der Waals surface area contributed by atoms with Gasteiger partial charge in [-0.2, -0.15) is 9.78 Å². The molecule has 2 aromatic carbocycles. The summed E-state index contributed by atoms with van der Waals surface area (Å²) in [6.45, 7) is 0. The fraction of sp³-hybridized carbons (Fsp3) is 0.0625. The van der Waals surface area contributed by atoms with E-state index in [0.29, 0.717) is 10.9 Å². The average Bonchev–Trinajstić information content (AvgIpc) is 3.00. The van der Waals surface area contributed by atoms with Crippen LogP contribution >= 0.6 is 23.4 Å². The van der Waals surface area contributed by atoms with E-state index in [1.807, 2.05) is 30.3 Å². The van der Waals surface area contributed by atoms with Crippen molar-refractivity contribution in [2.45, 2.75) is 10.9 Å². The molecule has 1 heterocycles. The maximum absolute atomic E-state index is 9.45. The number of aromatic hydroxyl groups is 1. The van der Waals surface area contributed by atoms with Crippen LogP contribution in [0.25, 0.3) is 0 Å². The zero-order valence-corrected chi connectivity index (χ0v) is 13.6. The Balaban J connectivity index is 1.71. The van der Waals surface area contributed by atoms with E-state index in [-0.39, 0.29) is 5.75 Å². The van der Waals surface area contributed by atoms with Gasteiger partial charge in [0.2, 0.25) is 5.16 Å². The first-order valence-electron chi connectivity index (χ1n) is 6.82. The lowest BCUT2D eigenvalue weighted by atomic mass is 10.2. The number of phenols is 1. The molecule has 0 amide bonds. The number of benzene rings is 2. The fourth-order valence-electron chi connectivity index (χ4n) is 1.89. The number of hydrogen-bond donors (Lipinski definition) is 1. The predicted octanol–water partition coefficient (Wildman–Crippen LogP) is 3.81. The molecule has 3 rings (SSSR count). The van der Waals surface area contributed by atoms with Gasteiger partial charge in [-0.25, -0.2) is 0 Å². The molecule has 1 N–H and O–H groups in total. The third kappa shape index (κ3) is 4.12. The molecule has 5 nitrogen and oxygen atoms in total. The van der Waals surface area contributed by atoms with Crippen LogP contribution in [-0.2, 0) is 5.75 Å². The molecule has 0 unspecified atom stereocenters. The first kappa shape index (κ1) is 15.6. The van der Waals surface area contributed by atoms with Crippen molar-refractivity contribution >= 4 is 29.6 Å². The standard InChI is InChI=1S/C16H13ClN4OS/c17-15-7-2-1-5-13(15)10-23-16-20-18-11-21(16)19-9-12-4-3-6-14(22)8-12/h1-9,11,22H,10H2/b19-9-. The molecule has 0 spiro atoms. The zero-order chi connectivity index (χ0) is 16.1. The van der Waals surface area contributed by atoms with Gasteiger partial charge >= 0.3 is 0 Å². The summed E-state index contributed by atoms with van der Waals surface area (Å²) in [5.74, 6) is 0.881. The summed E-state index contributed by atoms with van der Waals surface area (Å²) >= 11 is 7.65. The van der Waals surface area contributed by atoms with Gasteiger partial charge in [-0.1, -0.05) is 53.7 Å². The smallest absolute Gasteiger partial charge is 0.212 e. The molecule has 0 aliphatic rings. The number of hydrogen-bond acceptors (Lipinski definition) is 5. The number of nitrogens with zero attached hydrogens (tertiary/aromatic N) is 4. The summed E-state index contributed by atoms with van der Waals surface area (Å²) in [7, 11) is 0. The monoisotopic (exact) mass is 344 g/mol. The largest absolute Gasteiger partial charge is 0.508 e. The van der Waals surface area contributed by atoms with Crippen LogP contribution in [-0.4, -0.2) is 26.2 Å². The highest BCUT2D eigenvalue weighted by Crippen LogP contribution is 2.25. The maximum atomic E-state index is 9.45. The Labute approximate surface area is 142 Å². The highest BCUT2D eigenvalue weighted by atomic mass is 35.5. The number of halogens is 1. The molecule has 0 fully saturated rings. The van der Waals surface area contributed by atoms with Crippen molar-refractivity contribution in [3.8, 4) is 5.75 Å². The lowest BCUT2D eigenvalue weighted by Crippen LogP contribution is -1.93. The van der Waals surface area contributed by atoms with Crippen LogP contribution in [0.4, 0.5) is 0 Å². The lowest BCUT2D eigenvalue weighted by molar-refractivity contribution is 0.475. The summed E-state index contributed by atoms with van der Waals surface area (Å²) in [6.07, 6.45) is 3.18. The summed E-state index contributed by atoms with van der Waals surface area (Å²) < 4.78 is 1.59. The molecule has 116 valence electrons. The minimum atomic E-state index is 0.200. The normalized spacial score (nSPS) is 11.2. The Hall–Kier alpha value is -2.31. The molecule has 23 heavy (non-hydrogen) atoms. The van der Waals surface area contributed by atoms with Crippen LogP contribution in [0.1, 0.15) is 11.1 Å². The molecule has 0 saturated heterocycles. The average molecular weight is 345 g/mol. The van der Waals surface area contributed by atoms with Crippen molar-refractivity contribution in [3.63, 3.8) is 0 Å². The van der Waals surface area contributed by atoms with Gasteiger partial charge in [-0.3, -0.25) is 0 Å². The highest BCUT2D eigenvalue weighted by Gasteiger charge is 2.06. The molecule has 0 aliphatic carbocycles. The van der Waals surface area contributed by atoms with Gasteiger partial charge in [-0.15, -0.1) is 10.2 Å². The van der Waals surface area contributed by atoms with Crippen LogP contribution in [0.5, 0.6) is 5.75 Å². The molecular formula is C16H13ClN4OS. The fourth-order valence-corrected chi connectivity index (χ4v) is 3.03. The molecule has 1 aromatic heterocycles. The van der Waals surface area contributed by atoms with Gasteiger partial charge in [0.1, 0.15) is 12.1 Å².